The summed E-state index contributed by atoms with van der Waals surface area (Å²) >= 11 is 0. The van der Waals surface area contributed by atoms with Crippen molar-refractivity contribution in [3.05, 3.63) is 0 Å². The number of unbranched alkanes of at least 4 members (excludes halogenated alkanes) is 12. The maximum Gasteiger partial charge on any atom is 0.0690 e. The molecule has 0 aromatic heterocycles. The van der Waals surface area contributed by atoms with Gasteiger partial charge < -0.3 is 10.4 Å². The Hall–Kier alpha value is -0.0800. The summed E-state index contributed by atoms with van der Waals surface area (Å²) in [6.45, 7) is 4.33. The van der Waals surface area contributed by atoms with Crippen molar-refractivity contribution < 1.29 is 5.11 Å². The number of aliphatic hydroxyl groups is 1. The van der Waals surface area contributed by atoms with Gasteiger partial charge >= 0.3 is 0 Å². The van der Waals surface area contributed by atoms with Crippen molar-refractivity contribution in [3.8, 4) is 0 Å². The molecule has 0 saturated carbocycles. The molecule has 0 rings (SSSR count). The molecule has 2 heteroatoms. The Kier molecular flexibility index (Phi) is 16.2. The van der Waals surface area contributed by atoms with Crippen LogP contribution in [0.2, 0.25) is 0 Å². The van der Waals surface area contributed by atoms with Crippen LogP contribution < -0.4 is 5.32 Å². The Morgan fingerprint density at radius 2 is 1.10 bits per heavy atom. The molecule has 0 fully saturated rings. The van der Waals surface area contributed by atoms with Crippen molar-refractivity contribution in [2.45, 2.75) is 116 Å². The molecule has 0 aliphatic heterocycles. The van der Waals surface area contributed by atoms with Gasteiger partial charge in [-0.3, -0.25) is 0 Å². The molecule has 2 atom stereocenters. The fourth-order valence-electron chi connectivity index (χ4n) is 2.81. The lowest BCUT2D eigenvalue weighted by molar-refractivity contribution is 0.125. The van der Waals surface area contributed by atoms with Crippen molar-refractivity contribution >= 4 is 0 Å². The van der Waals surface area contributed by atoms with Crippen molar-refractivity contribution in [3.63, 3.8) is 0 Å². The minimum Gasteiger partial charge on any atom is -0.392 e. The Bertz CT molecular complexity index is 196. The smallest absolute Gasteiger partial charge is 0.0690 e. The van der Waals surface area contributed by atoms with Crippen LogP contribution in [0, 0.1) is 0 Å². The predicted molar refractivity (Wildman–Crippen MR) is 94.8 cm³/mol. The fraction of sp³-hybridized carbons (Fsp3) is 1.00. The van der Waals surface area contributed by atoms with Gasteiger partial charge in [-0.25, -0.2) is 0 Å². The Morgan fingerprint density at radius 3 is 1.48 bits per heavy atom. The summed E-state index contributed by atoms with van der Waals surface area (Å²) in [7, 11) is 1.91. The van der Waals surface area contributed by atoms with E-state index in [2.05, 4.69) is 12.2 Å². The topological polar surface area (TPSA) is 32.3 Å². The van der Waals surface area contributed by atoms with Crippen molar-refractivity contribution in [1.29, 1.82) is 0 Å². The molecule has 21 heavy (non-hydrogen) atoms. The number of rotatable bonds is 16. The van der Waals surface area contributed by atoms with Gasteiger partial charge in [-0.2, -0.15) is 0 Å². The molecule has 0 heterocycles. The van der Waals surface area contributed by atoms with Gasteiger partial charge in [0.2, 0.25) is 0 Å². The molecule has 2 nitrogen and oxygen atoms in total. The van der Waals surface area contributed by atoms with E-state index in [1.807, 2.05) is 14.0 Å². The highest BCUT2D eigenvalue weighted by atomic mass is 16.3. The molecule has 0 amide bonds. The highest BCUT2D eigenvalue weighted by Crippen LogP contribution is 2.13. The molecule has 0 aliphatic rings. The molecule has 0 unspecified atom stereocenters. The molecule has 0 radical (unpaired) electrons. The predicted octanol–water partition coefficient (Wildman–Crippen LogP) is 5.44. The lowest BCUT2D eigenvalue weighted by Gasteiger charge is -2.17. The zero-order chi connectivity index (χ0) is 15.8. The van der Waals surface area contributed by atoms with E-state index in [1.165, 1.54) is 83.5 Å². The standard InChI is InChI=1S/C19H41NO/c1-4-5-6-7-8-9-10-11-12-13-14-15-16-17-19(21)18(2)20-3/h18-21H,4-17H2,1-3H3/t18-,19+/m0/s1. The van der Waals surface area contributed by atoms with Gasteiger partial charge in [0, 0.05) is 6.04 Å². The van der Waals surface area contributed by atoms with E-state index in [-0.39, 0.29) is 12.1 Å². The maximum absolute atomic E-state index is 9.83. The largest absolute Gasteiger partial charge is 0.392 e. The molecule has 0 bridgehead atoms. The highest BCUT2D eigenvalue weighted by Gasteiger charge is 2.10. The van der Waals surface area contributed by atoms with Crippen molar-refractivity contribution in [1.82, 2.24) is 5.32 Å². The first-order valence-electron chi connectivity index (χ1n) is 9.57. The van der Waals surface area contributed by atoms with E-state index >= 15 is 0 Å². The van der Waals surface area contributed by atoms with Crippen LogP contribution in [-0.2, 0) is 0 Å². The van der Waals surface area contributed by atoms with Gasteiger partial charge in [0.1, 0.15) is 0 Å². The lowest BCUT2D eigenvalue weighted by atomic mass is 10.0. The molecule has 0 aromatic rings. The highest BCUT2D eigenvalue weighted by molar-refractivity contribution is 4.68. The maximum atomic E-state index is 9.83. The van der Waals surface area contributed by atoms with E-state index < -0.39 is 0 Å². The molecule has 0 spiro atoms. The third-order valence-electron chi connectivity index (χ3n) is 4.64. The third-order valence-corrected chi connectivity index (χ3v) is 4.64. The third kappa shape index (κ3) is 14.6. The number of hydrogen-bond acceptors (Lipinski definition) is 2. The van der Waals surface area contributed by atoms with Crippen LogP contribution >= 0.6 is 0 Å². The van der Waals surface area contributed by atoms with E-state index in [1.54, 1.807) is 0 Å². The van der Waals surface area contributed by atoms with Gasteiger partial charge in [-0.05, 0) is 20.4 Å². The zero-order valence-electron chi connectivity index (χ0n) is 15.0. The van der Waals surface area contributed by atoms with Crippen LogP contribution in [-0.4, -0.2) is 24.3 Å². The Balaban J connectivity index is 3.09. The zero-order valence-corrected chi connectivity index (χ0v) is 15.0. The Labute approximate surface area is 134 Å². The van der Waals surface area contributed by atoms with Crippen molar-refractivity contribution in [2.75, 3.05) is 7.05 Å². The van der Waals surface area contributed by atoms with Crippen LogP contribution in [0.4, 0.5) is 0 Å². The summed E-state index contributed by atoms with van der Waals surface area (Å²) in [4.78, 5) is 0. The number of nitrogens with one attached hydrogen (secondary N) is 1. The molecular weight excluding hydrogens is 258 g/mol. The fourth-order valence-corrected chi connectivity index (χ4v) is 2.81. The lowest BCUT2D eigenvalue weighted by Crippen LogP contribution is -2.34. The van der Waals surface area contributed by atoms with Crippen LogP contribution in [0.15, 0.2) is 0 Å². The van der Waals surface area contributed by atoms with Gasteiger partial charge in [0.25, 0.3) is 0 Å². The summed E-state index contributed by atoms with van der Waals surface area (Å²) in [5.41, 5.74) is 0. The minimum absolute atomic E-state index is 0.178. The van der Waals surface area contributed by atoms with E-state index in [0.717, 1.165) is 6.42 Å². The number of aliphatic hydroxyl groups excluding tert-OH is 1. The average molecular weight is 300 g/mol. The van der Waals surface area contributed by atoms with Crippen LogP contribution in [0.5, 0.6) is 0 Å². The quantitative estimate of drug-likeness (QED) is 0.372. The van der Waals surface area contributed by atoms with E-state index in [9.17, 15) is 5.11 Å². The normalized spacial score (nSPS) is 14.3. The first-order valence-corrected chi connectivity index (χ1v) is 9.57. The van der Waals surface area contributed by atoms with E-state index in [0.29, 0.717) is 0 Å². The summed E-state index contributed by atoms with van der Waals surface area (Å²) in [5, 5.41) is 12.9. The summed E-state index contributed by atoms with van der Waals surface area (Å²) in [6.07, 6.45) is 18.8. The summed E-state index contributed by atoms with van der Waals surface area (Å²) in [5.74, 6) is 0. The molecular formula is C19H41NO. The average Bonchev–Trinajstić information content (AvgIpc) is 2.50. The summed E-state index contributed by atoms with van der Waals surface area (Å²) in [6, 6.07) is 0.224. The second kappa shape index (κ2) is 16.3. The Morgan fingerprint density at radius 1 is 0.714 bits per heavy atom. The second-order valence-electron chi connectivity index (χ2n) is 6.68. The van der Waals surface area contributed by atoms with Gasteiger partial charge in [-0.1, -0.05) is 90.4 Å². The molecule has 0 aliphatic carbocycles. The van der Waals surface area contributed by atoms with Gasteiger partial charge in [0.15, 0.2) is 0 Å². The first-order chi connectivity index (χ1) is 10.2. The second-order valence-corrected chi connectivity index (χ2v) is 6.68. The molecule has 128 valence electrons. The van der Waals surface area contributed by atoms with Gasteiger partial charge in [0.05, 0.1) is 6.10 Å². The molecule has 0 aromatic carbocycles. The van der Waals surface area contributed by atoms with E-state index in [4.69, 9.17) is 0 Å². The molecule has 2 N–H and O–H groups in total. The van der Waals surface area contributed by atoms with Crippen molar-refractivity contribution in [2.24, 2.45) is 0 Å². The number of likely N-dealkylation sites (N-methyl/N-ethyl adjacent to an activating group) is 1. The SMILES string of the molecule is CCCCCCCCCCCCCCC[C@@H](O)[C@H](C)NC. The molecule has 0 saturated heterocycles. The van der Waals surface area contributed by atoms with Crippen LogP contribution in [0.1, 0.15) is 104 Å². The first kappa shape index (κ1) is 20.9. The number of hydrogen-bond donors (Lipinski definition) is 2. The van der Waals surface area contributed by atoms with Crippen LogP contribution in [0.3, 0.4) is 0 Å². The van der Waals surface area contributed by atoms with Crippen LogP contribution in [0.25, 0.3) is 0 Å². The summed E-state index contributed by atoms with van der Waals surface area (Å²) < 4.78 is 0. The van der Waals surface area contributed by atoms with Gasteiger partial charge in [-0.15, -0.1) is 0 Å². The monoisotopic (exact) mass is 299 g/mol. The minimum atomic E-state index is -0.178.